The fraction of sp³-hybridized carbons (Fsp3) is 0.647. The van der Waals surface area contributed by atoms with E-state index in [4.69, 9.17) is 14.2 Å². The van der Waals surface area contributed by atoms with E-state index in [1.54, 1.807) is 5.57 Å². The Morgan fingerprint density at radius 2 is 1.57 bits per heavy atom. The van der Waals surface area contributed by atoms with E-state index in [1.165, 1.54) is 80.1 Å². The van der Waals surface area contributed by atoms with Gasteiger partial charge in [-0.05, 0) is 81.1 Å². The van der Waals surface area contributed by atoms with Crippen LogP contribution in [0.25, 0.3) is 5.57 Å². The molecule has 37 heavy (non-hydrogen) atoms. The molecule has 0 aliphatic heterocycles. The predicted molar refractivity (Wildman–Crippen MR) is 150 cm³/mol. The molecule has 2 fully saturated rings. The van der Waals surface area contributed by atoms with E-state index >= 15 is 0 Å². The van der Waals surface area contributed by atoms with Gasteiger partial charge >= 0.3 is 0 Å². The SMILES string of the molecule is CCOCC1=C(c2ccccc2)CC2=C(C1(OCC)C1CCCCC1)[C@]1(OCC)C=C[C@]23CCCC[C@H]31. The van der Waals surface area contributed by atoms with E-state index in [1.807, 2.05) is 0 Å². The molecule has 0 saturated heterocycles. The van der Waals surface area contributed by atoms with Gasteiger partial charge in [0, 0.05) is 36.7 Å². The summed E-state index contributed by atoms with van der Waals surface area (Å²) in [6.07, 6.45) is 17.5. The first-order valence-corrected chi connectivity index (χ1v) is 15.3. The third kappa shape index (κ3) is 3.63. The second-order valence-electron chi connectivity index (χ2n) is 11.9. The monoisotopic (exact) mass is 502 g/mol. The lowest BCUT2D eigenvalue weighted by Gasteiger charge is -2.53. The second-order valence-corrected chi connectivity index (χ2v) is 11.9. The number of ether oxygens (including phenoxy) is 3. The maximum Gasteiger partial charge on any atom is 0.119 e. The molecule has 0 heterocycles. The second kappa shape index (κ2) is 10.1. The van der Waals surface area contributed by atoms with Crippen molar-refractivity contribution in [1.29, 1.82) is 0 Å². The smallest absolute Gasteiger partial charge is 0.119 e. The third-order valence-electron chi connectivity index (χ3n) is 10.4. The average molecular weight is 503 g/mol. The Balaban J connectivity index is 1.65. The summed E-state index contributed by atoms with van der Waals surface area (Å²) < 4.78 is 20.7. The lowest BCUT2D eigenvalue weighted by atomic mass is 9.59. The van der Waals surface area contributed by atoms with E-state index in [0.29, 0.717) is 31.7 Å². The van der Waals surface area contributed by atoms with Gasteiger partial charge in [-0.15, -0.1) is 0 Å². The van der Waals surface area contributed by atoms with Crippen molar-refractivity contribution in [2.24, 2.45) is 17.3 Å². The van der Waals surface area contributed by atoms with Crippen LogP contribution >= 0.6 is 0 Å². The maximum absolute atomic E-state index is 7.30. The van der Waals surface area contributed by atoms with Gasteiger partial charge in [0.1, 0.15) is 11.2 Å². The van der Waals surface area contributed by atoms with Crippen LogP contribution in [0.4, 0.5) is 0 Å². The minimum Gasteiger partial charge on any atom is -0.377 e. The van der Waals surface area contributed by atoms with E-state index < -0.39 is 5.60 Å². The molecule has 0 amide bonds. The molecule has 4 atom stereocenters. The molecule has 2 saturated carbocycles. The largest absolute Gasteiger partial charge is 0.377 e. The van der Waals surface area contributed by atoms with Crippen molar-refractivity contribution in [1.82, 2.24) is 0 Å². The van der Waals surface area contributed by atoms with Crippen LogP contribution < -0.4 is 0 Å². The summed E-state index contributed by atoms with van der Waals surface area (Å²) in [6.45, 7) is 9.29. The molecule has 0 aromatic heterocycles. The molecule has 3 nitrogen and oxygen atoms in total. The van der Waals surface area contributed by atoms with Crippen molar-refractivity contribution in [3.8, 4) is 0 Å². The highest BCUT2D eigenvalue weighted by molar-refractivity contribution is 5.80. The Morgan fingerprint density at radius 3 is 2.30 bits per heavy atom. The van der Waals surface area contributed by atoms with Crippen molar-refractivity contribution in [3.05, 3.63) is 64.8 Å². The average Bonchev–Trinajstić information content (AvgIpc) is 3.40. The number of hydrogen-bond acceptors (Lipinski definition) is 3. The Bertz CT molecular complexity index is 1080. The van der Waals surface area contributed by atoms with Crippen LogP contribution in [0.3, 0.4) is 0 Å². The fourth-order valence-electron chi connectivity index (χ4n) is 9.24. The summed E-state index contributed by atoms with van der Waals surface area (Å²) >= 11 is 0. The number of hydrogen-bond donors (Lipinski definition) is 0. The molecule has 1 unspecified atom stereocenters. The standard InChI is InChI=1S/C34H46O3/c1-4-35-24-29-27(25-15-9-7-10-16-25)23-28-31(34(29,37-6-3)26-17-11-8-12-18-26)33(36-5-2)22-21-32(28)20-14-13-19-30(32)33/h7,9-10,15-16,21-22,26,30H,4-6,8,11-14,17-20,23-24H2,1-3H3/t30-,32-,33+,34?/m1/s1. The first-order valence-electron chi connectivity index (χ1n) is 15.3. The molecule has 1 aromatic rings. The molecular weight excluding hydrogens is 456 g/mol. The summed E-state index contributed by atoms with van der Waals surface area (Å²) in [5, 5.41) is 0. The van der Waals surface area contributed by atoms with Gasteiger partial charge in [-0.1, -0.05) is 74.6 Å². The number of fused-ring (bicyclic) bond motifs is 1. The van der Waals surface area contributed by atoms with Gasteiger partial charge in [0.15, 0.2) is 0 Å². The summed E-state index contributed by atoms with van der Waals surface area (Å²) in [7, 11) is 0. The zero-order valence-corrected chi connectivity index (χ0v) is 23.3. The van der Waals surface area contributed by atoms with E-state index in [0.717, 1.165) is 13.0 Å². The van der Waals surface area contributed by atoms with Crippen LogP contribution in [-0.2, 0) is 14.2 Å². The molecule has 200 valence electrons. The van der Waals surface area contributed by atoms with Gasteiger partial charge in [0.2, 0.25) is 0 Å². The highest BCUT2D eigenvalue weighted by atomic mass is 16.5. The fourth-order valence-corrected chi connectivity index (χ4v) is 9.24. The molecular formula is C34H46O3. The summed E-state index contributed by atoms with van der Waals surface area (Å²) in [5.74, 6) is 0.967. The van der Waals surface area contributed by atoms with E-state index in [-0.39, 0.29) is 11.0 Å². The van der Waals surface area contributed by atoms with Gasteiger partial charge in [0.05, 0.1) is 6.61 Å². The highest BCUT2D eigenvalue weighted by Gasteiger charge is 2.70. The van der Waals surface area contributed by atoms with Gasteiger partial charge in [-0.25, -0.2) is 0 Å². The first kappa shape index (κ1) is 25.6. The minimum atomic E-state index is -0.451. The van der Waals surface area contributed by atoms with Crippen molar-refractivity contribution in [2.75, 3.05) is 26.4 Å². The Kier molecular flexibility index (Phi) is 7.01. The molecule has 5 aliphatic carbocycles. The van der Waals surface area contributed by atoms with Gasteiger partial charge in [-0.3, -0.25) is 0 Å². The molecule has 0 N–H and O–H groups in total. The van der Waals surface area contributed by atoms with Crippen LogP contribution in [-0.4, -0.2) is 37.6 Å². The maximum atomic E-state index is 7.30. The van der Waals surface area contributed by atoms with Crippen LogP contribution in [0.15, 0.2) is 59.2 Å². The first-order chi connectivity index (χ1) is 18.2. The number of allylic oxidation sites excluding steroid dienone is 3. The molecule has 5 aliphatic rings. The van der Waals surface area contributed by atoms with E-state index in [9.17, 15) is 0 Å². The zero-order valence-electron chi connectivity index (χ0n) is 23.3. The summed E-state index contributed by atoms with van der Waals surface area (Å²) in [6, 6.07) is 11.1. The quantitative estimate of drug-likeness (QED) is 0.320. The van der Waals surface area contributed by atoms with Gasteiger partial charge in [0.25, 0.3) is 0 Å². The molecule has 2 bridgehead atoms. The number of benzene rings is 1. The van der Waals surface area contributed by atoms with Crippen molar-refractivity contribution >= 4 is 5.57 Å². The van der Waals surface area contributed by atoms with Crippen LogP contribution in [0.1, 0.15) is 90.5 Å². The zero-order chi connectivity index (χ0) is 25.5. The van der Waals surface area contributed by atoms with Crippen molar-refractivity contribution in [2.45, 2.75) is 96.2 Å². The van der Waals surface area contributed by atoms with E-state index in [2.05, 4.69) is 63.3 Å². The molecule has 0 spiro atoms. The van der Waals surface area contributed by atoms with Crippen LogP contribution in [0, 0.1) is 17.3 Å². The van der Waals surface area contributed by atoms with Gasteiger partial charge < -0.3 is 14.2 Å². The third-order valence-corrected chi connectivity index (χ3v) is 10.4. The highest BCUT2D eigenvalue weighted by Crippen LogP contribution is 2.72. The molecule has 0 radical (unpaired) electrons. The summed E-state index contributed by atoms with van der Waals surface area (Å²) in [5.41, 5.74) is 6.68. The lowest BCUT2D eigenvalue weighted by molar-refractivity contribution is -0.0910. The van der Waals surface area contributed by atoms with Crippen LogP contribution in [0.5, 0.6) is 0 Å². The van der Waals surface area contributed by atoms with Crippen molar-refractivity contribution < 1.29 is 14.2 Å². The lowest BCUT2D eigenvalue weighted by Crippen LogP contribution is -2.55. The van der Waals surface area contributed by atoms with Crippen molar-refractivity contribution in [3.63, 3.8) is 0 Å². The minimum absolute atomic E-state index is 0.122. The summed E-state index contributed by atoms with van der Waals surface area (Å²) in [4.78, 5) is 0. The Morgan fingerprint density at radius 1 is 0.811 bits per heavy atom. The Labute approximate surface area is 224 Å². The molecule has 3 heteroatoms. The molecule has 6 rings (SSSR count). The topological polar surface area (TPSA) is 27.7 Å². The number of rotatable bonds is 9. The normalized spacial score (nSPS) is 35.3. The van der Waals surface area contributed by atoms with Crippen LogP contribution in [0.2, 0.25) is 0 Å². The molecule has 1 aromatic carbocycles. The van der Waals surface area contributed by atoms with Gasteiger partial charge in [-0.2, -0.15) is 0 Å². The Hall–Kier alpha value is -1.68. The predicted octanol–water partition coefficient (Wildman–Crippen LogP) is 8.07.